The number of carboxylic acid groups (broad SMARTS) is 1. The molecule has 0 fully saturated rings. The highest BCUT2D eigenvalue weighted by atomic mass is 16.4. The van der Waals surface area contributed by atoms with E-state index in [1.807, 2.05) is 55.8 Å². The third kappa shape index (κ3) is 3.43. The van der Waals surface area contributed by atoms with Gasteiger partial charge in [-0.3, -0.25) is 9.48 Å². The average molecular weight is 341 g/mol. The van der Waals surface area contributed by atoms with Crippen LogP contribution in [0.3, 0.4) is 0 Å². The first-order valence-corrected chi connectivity index (χ1v) is 8.48. The molecule has 1 aromatic heterocycles. The number of amides is 1. The van der Waals surface area contributed by atoms with Crippen LogP contribution in [0, 0.1) is 13.8 Å². The molecular formula is C19H23N3O3. The van der Waals surface area contributed by atoms with Crippen LogP contribution in [-0.2, 0) is 22.6 Å². The van der Waals surface area contributed by atoms with Gasteiger partial charge in [0.05, 0.1) is 11.7 Å². The summed E-state index contributed by atoms with van der Waals surface area (Å²) in [5.74, 6) is -1.11. The maximum atomic E-state index is 12.8. The maximum absolute atomic E-state index is 12.8. The lowest BCUT2D eigenvalue weighted by atomic mass is 9.93. The molecule has 0 bridgehead atoms. The fraction of sp³-hybridized carbons (Fsp3) is 0.421. The number of carbonyl (C=O) groups excluding carboxylic acids is 1. The minimum Gasteiger partial charge on any atom is -0.480 e. The summed E-state index contributed by atoms with van der Waals surface area (Å²) < 4.78 is 1.83. The van der Waals surface area contributed by atoms with Gasteiger partial charge in [-0.05, 0) is 38.0 Å². The summed E-state index contributed by atoms with van der Waals surface area (Å²) in [7, 11) is 0. The number of nitrogens with zero attached hydrogens (tertiary/aromatic N) is 3. The van der Waals surface area contributed by atoms with Crippen molar-refractivity contribution >= 4 is 11.9 Å². The summed E-state index contributed by atoms with van der Waals surface area (Å²) in [6.07, 6.45) is 0.583. The summed E-state index contributed by atoms with van der Waals surface area (Å²) in [6, 6.07) is 8.76. The first kappa shape index (κ1) is 17.2. The monoisotopic (exact) mass is 341 g/mol. The van der Waals surface area contributed by atoms with Crippen LogP contribution in [0.4, 0.5) is 0 Å². The maximum Gasteiger partial charge on any atom is 0.326 e. The quantitative estimate of drug-likeness (QED) is 0.927. The first-order valence-electron chi connectivity index (χ1n) is 8.48. The largest absolute Gasteiger partial charge is 0.480 e. The van der Waals surface area contributed by atoms with Crippen molar-refractivity contribution in [2.75, 3.05) is 0 Å². The summed E-state index contributed by atoms with van der Waals surface area (Å²) in [4.78, 5) is 26.0. The molecule has 1 aliphatic rings. The zero-order valence-electron chi connectivity index (χ0n) is 14.8. The molecule has 0 aliphatic carbocycles. The third-order valence-corrected chi connectivity index (χ3v) is 4.79. The SMILES string of the molecule is Cc1cc(C)n([C@H](C)CC(=O)N2Cc3ccccc3C[C@@H]2C(=O)O)n1. The number of carbonyl (C=O) groups is 2. The molecule has 0 unspecified atom stereocenters. The molecule has 1 N–H and O–H groups in total. The van der Waals surface area contributed by atoms with Gasteiger partial charge < -0.3 is 10.0 Å². The van der Waals surface area contributed by atoms with Crippen LogP contribution in [0.2, 0.25) is 0 Å². The summed E-state index contributed by atoms with van der Waals surface area (Å²) >= 11 is 0. The smallest absolute Gasteiger partial charge is 0.326 e. The third-order valence-electron chi connectivity index (χ3n) is 4.79. The molecule has 1 aromatic carbocycles. The molecule has 2 aromatic rings. The van der Waals surface area contributed by atoms with Crippen LogP contribution in [0.15, 0.2) is 30.3 Å². The molecule has 0 spiro atoms. The molecule has 2 heterocycles. The van der Waals surface area contributed by atoms with Crippen molar-refractivity contribution in [3.05, 3.63) is 52.8 Å². The Bertz CT molecular complexity index is 812. The molecule has 0 saturated carbocycles. The van der Waals surface area contributed by atoms with Gasteiger partial charge in [-0.1, -0.05) is 24.3 Å². The van der Waals surface area contributed by atoms with E-state index in [2.05, 4.69) is 5.10 Å². The number of benzene rings is 1. The number of aryl methyl sites for hydroxylation is 2. The highest BCUT2D eigenvalue weighted by Crippen LogP contribution is 2.26. The van der Waals surface area contributed by atoms with Crippen LogP contribution in [0.1, 0.15) is 41.9 Å². The van der Waals surface area contributed by atoms with E-state index in [9.17, 15) is 14.7 Å². The summed E-state index contributed by atoms with van der Waals surface area (Å²) in [5, 5.41) is 14.0. The lowest BCUT2D eigenvalue weighted by molar-refractivity contribution is -0.151. The van der Waals surface area contributed by atoms with E-state index in [0.717, 1.165) is 22.5 Å². The molecular weight excluding hydrogens is 318 g/mol. The van der Waals surface area contributed by atoms with Gasteiger partial charge in [0.15, 0.2) is 0 Å². The highest BCUT2D eigenvalue weighted by Gasteiger charge is 2.35. The second kappa shape index (κ2) is 6.70. The van der Waals surface area contributed by atoms with Crippen LogP contribution in [0.25, 0.3) is 0 Å². The fourth-order valence-corrected chi connectivity index (χ4v) is 3.55. The molecule has 6 nitrogen and oxygen atoms in total. The standard InChI is InChI=1S/C19H23N3O3/c1-12-8-13(2)22(20-12)14(3)9-18(23)21-11-16-7-5-4-6-15(16)10-17(21)19(24)25/h4-8,14,17H,9-11H2,1-3H3,(H,24,25)/t14-,17-/m1/s1. The van der Waals surface area contributed by atoms with Crippen LogP contribution >= 0.6 is 0 Å². The van der Waals surface area contributed by atoms with E-state index in [1.54, 1.807) is 0 Å². The number of hydrogen-bond donors (Lipinski definition) is 1. The molecule has 25 heavy (non-hydrogen) atoms. The Morgan fingerprint density at radius 1 is 1.28 bits per heavy atom. The van der Waals surface area contributed by atoms with Gasteiger partial charge in [-0.25, -0.2) is 4.79 Å². The summed E-state index contributed by atoms with van der Waals surface area (Å²) in [6.45, 7) is 6.15. The van der Waals surface area contributed by atoms with Crippen molar-refractivity contribution in [2.24, 2.45) is 0 Å². The molecule has 0 saturated heterocycles. The zero-order chi connectivity index (χ0) is 18.1. The highest BCUT2D eigenvalue weighted by molar-refractivity contribution is 5.84. The second-order valence-electron chi connectivity index (χ2n) is 6.77. The van der Waals surface area contributed by atoms with Gasteiger partial charge in [0.1, 0.15) is 6.04 Å². The predicted molar refractivity (Wildman–Crippen MR) is 93.1 cm³/mol. The Kier molecular flexibility index (Phi) is 4.61. The van der Waals surface area contributed by atoms with E-state index in [4.69, 9.17) is 0 Å². The lowest BCUT2D eigenvalue weighted by Crippen LogP contribution is -2.49. The molecule has 132 valence electrons. The zero-order valence-corrected chi connectivity index (χ0v) is 14.8. The summed E-state index contributed by atoms with van der Waals surface area (Å²) in [5.41, 5.74) is 3.93. The van der Waals surface area contributed by atoms with Gasteiger partial charge in [0.25, 0.3) is 0 Å². The van der Waals surface area contributed by atoms with Crippen LogP contribution < -0.4 is 0 Å². The molecule has 0 radical (unpaired) electrons. The Morgan fingerprint density at radius 2 is 1.96 bits per heavy atom. The Balaban J connectivity index is 1.80. The second-order valence-corrected chi connectivity index (χ2v) is 6.77. The lowest BCUT2D eigenvalue weighted by Gasteiger charge is -2.35. The Labute approximate surface area is 147 Å². The van der Waals surface area contributed by atoms with Crippen molar-refractivity contribution in [1.82, 2.24) is 14.7 Å². The van der Waals surface area contributed by atoms with Gasteiger partial charge in [0, 0.05) is 25.1 Å². The van der Waals surface area contributed by atoms with Gasteiger partial charge in [-0.2, -0.15) is 5.10 Å². The van der Waals surface area contributed by atoms with Crippen molar-refractivity contribution in [1.29, 1.82) is 0 Å². The van der Waals surface area contributed by atoms with Crippen LogP contribution in [-0.4, -0.2) is 37.7 Å². The van der Waals surface area contributed by atoms with Gasteiger partial charge >= 0.3 is 5.97 Å². The Morgan fingerprint density at radius 3 is 2.56 bits per heavy atom. The predicted octanol–water partition coefficient (Wildman–Crippen LogP) is 2.49. The van der Waals surface area contributed by atoms with E-state index in [-0.39, 0.29) is 18.4 Å². The van der Waals surface area contributed by atoms with E-state index < -0.39 is 12.0 Å². The van der Waals surface area contributed by atoms with Crippen molar-refractivity contribution in [3.63, 3.8) is 0 Å². The number of rotatable bonds is 4. The molecule has 1 amide bonds. The van der Waals surface area contributed by atoms with E-state index in [1.165, 1.54) is 4.90 Å². The van der Waals surface area contributed by atoms with Gasteiger partial charge in [-0.15, -0.1) is 0 Å². The number of carboxylic acids is 1. The molecule has 2 atom stereocenters. The molecule has 3 rings (SSSR count). The topological polar surface area (TPSA) is 75.4 Å². The number of aliphatic carboxylic acids is 1. The molecule has 1 aliphatic heterocycles. The number of fused-ring (bicyclic) bond motifs is 1. The minimum absolute atomic E-state index is 0.118. The molecule has 6 heteroatoms. The van der Waals surface area contributed by atoms with Gasteiger partial charge in [0.2, 0.25) is 5.91 Å². The van der Waals surface area contributed by atoms with Crippen LogP contribution in [0.5, 0.6) is 0 Å². The number of aromatic nitrogens is 2. The van der Waals surface area contributed by atoms with Crippen molar-refractivity contribution < 1.29 is 14.7 Å². The van der Waals surface area contributed by atoms with E-state index in [0.29, 0.717) is 13.0 Å². The fourth-order valence-electron chi connectivity index (χ4n) is 3.55. The normalized spacial score (nSPS) is 17.9. The first-order chi connectivity index (χ1) is 11.9. The van der Waals surface area contributed by atoms with Crippen molar-refractivity contribution in [3.8, 4) is 0 Å². The minimum atomic E-state index is -0.957. The Hall–Kier alpha value is -2.63. The van der Waals surface area contributed by atoms with E-state index >= 15 is 0 Å². The van der Waals surface area contributed by atoms with Crippen molar-refractivity contribution in [2.45, 2.75) is 52.2 Å². The average Bonchev–Trinajstić information content (AvgIpc) is 2.92. The number of hydrogen-bond acceptors (Lipinski definition) is 3.